The number of hydrogen-bond donors (Lipinski definition) is 2. The SMILES string of the molecule is O=S(=O)(C1CC1)n1cc(-c2nccc(Nc3cc(NC4CCC(F)CC4)c(-c4ccc(CN5CCOCC5)cn4)cn3)n2)cn1. The molecule has 0 bridgehead atoms. The molecule has 1 aliphatic heterocycles. The highest BCUT2D eigenvalue weighted by Gasteiger charge is 2.37. The lowest BCUT2D eigenvalue weighted by atomic mass is 9.93. The van der Waals surface area contributed by atoms with Crippen molar-refractivity contribution < 1.29 is 17.5 Å². The van der Waals surface area contributed by atoms with E-state index in [1.807, 2.05) is 18.3 Å². The Balaban J connectivity index is 1.12. The minimum atomic E-state index is -3.48. The van der Waals surface area contributed by atoms with Crippen LogP contribution in [0, 0.1) is 0 Å². The maximum Gasteiger partial charge on any atom is 0.256 e. The molecule has 2 N–H and O–H groups in total. The van der Waals surface area contributed by atoms with Gasteiger partial charge in [0.05, 0.1) is 42.1 Å². The standard InChI is InChI=1S/C31H36FN9O3S/c32-23-2-4-24(5-3-23)37-28-15-30(35-18-26(28)27-8-1-21(16-34-27)19-40-11-13-44-14-12-40)38-29-9-10-33-31(39-29)22-17-36-41(20-22)45(42,43)25-6-7-25/h1,8-10,15-18,20,23-25H,2-7,11-14,19H2,(H2,33,35,37,38,39). The number of hydrogen-bond acceptors (Lipinski definition) is 11. The molecular weight excluding hydrogens is 597 g/mol. The summed E-state index contributed by atoms with van der Waals surface area (Å²) in [4.78, 5) is 20.7. The summed E-state index contributed by atoms with van der Waals surface area (Å²) in [5, 5.41) is 10.6. The molecule has 1 saturated heterocycles. The molecule has 12 nitrogen and oxygen atoms in total. The molecule has 0 aromatic carbocycles. The van der Waals surface area contributed by atoms with Gasteiger partial charge < -0.3 is 15.4 Å². The average molecular weight is 634 g/mol. The van der Waals surface area contributed by atoms with Crippen molar-refractivity contribution in [2.75, 3.05) is 36.9 Å². The van der Waals surface area contributed by atoms with Gasteiger partial charge in [0.1, 0.15) is 17.8 Å². The van der Waals surface area contributed by atoms with Crippen molar-refractivity contribution in [3.63, 3.8) is 0 Å². The Morgan fingerprint density at radius 3 is 2.51 bits per heavy atom. The molecule has 45 heavy (non-hydrogen) atoms. The molecule has 0 unspecified atom stereocenters. The predicted molar refractivity (Wildman–Crippen MR) is 168 cm³/mol. The largest absolute Gasteiger partial charge is 0.382 e. The second kappa shape index (κ2) is 12.8. The second-order valence-electron chi connectivity index (χ2n) is 11.9. The van der Waals surface area contributed by atoms with Gasteiger partial charge in [0, 0.05) is 61.6 Å². The molecule has 0 radical (unpaired) electrons. The zero-order valence-corrected chi connectivity index (χ0v) is 25.7. The van der Waals surface area contributed by atoms with Crippen molar-refractivity contribution in [2.24, 2.45) is 0 Å². The summed E-state index contributed by atoms with van der Waals surface area (Å²) in [5.74, 6) is 1.39. The van der Waals surface area contributed by atoms with Crippen molar-refractivity contribution >= 4 is 27.3 Å². The number of anilines is 3. The number of nitrogens with zero attached hydrogens (tertiary/aromatic N) is 7. The number of morpholine rings is 1. The molecule has 0 amide bonds. The van der Waals surface area contributed by atoms with Crippen LogP contribution in [0.4, 0.5) is 21.7 Å². The van der Waals surface area contributed by atoms with E-state index in [-0.39, 0.29) is 11.3 Å². The van der Waals surface area contributed by atoms with Crippen molar-refractivity contribution in [1.29, 1.82) is 0 Å². The Kier molecular flexibility index (Phi) is 8.43. The van der Waals surface area contributed by atoms with Gasteiger partial charge in [0.15, 0.2) is 5.82 Å². The van der Waals surface area contributed by atoms with Crippen LogP contribution < -0.4 is 10.6 Å². The molecule has 7 rings (SSSR count). The van der Waals surface area contributed by atoms with Gasteiger partial charge in [-0.05, 0) is 56.2 Å². The van der Waals surface area contributed by atoms with Crippen LogP contribution in [-0.4, -0.2) is 86.2 Å². The van der Waals surface area contributed by atoms with E-state index in [0.717, 1.165) is 72.3 Å². The summed E-state index contributed by atoms with van der Waals surface area (Å²) in [7, 11) is -3.48. The molecule has 0 atom stereocenters. The summed E-state index contributed by atoms with van der Waals surface area (Å²) in [6.07, 6.45) is 11.3. The Labute approximate surface area is 261 Å². The molecule has 2 saturated carbocycles. The van der Waals surface area contributed by atoms with Gasteiger partial charge in [-0.2, -0.15) is 9.19 Å². The van der Waals surface area contributed by atoms with Gasteiger partial charge in [0.25, 0.3) is 10.0 Å². The van der Waals surface area contributed by atoms with Crippen molar-refractivity contribution in [2.45, 2.75) is 62.5 Å². The van der Waals surface area contributed by atoms with E-state index in [2.05, 4.69) is 41.7 Å². The average Bonchev–Trinajstić information content (AvgIpc) is 3.80. The monoisotopic (exact) mass is 633 g/mol. The number of nitrogens with one attached hydrogen (secondary N) is 2. The van der Waals surface area contributed by atoms with E-state index >= 15 is 0 Å². The van der Waals surface area contributed by atoms with E-state index in [9.17, 15) is 12.8 Å². The van der Waals surface area contributed by atoms with Gasteiger partial charge in [-0.15, -0.1) is 0 Å². The summed E-state index contributed by atoms with van der Waals surface area (Å²) >= 11 is 0. The lowest BCUT2D eigenvalue weighted by molar-refractivity contribution is 0.0341. The first kappa shape index (κ1) is 29.7. The van der Waals surface area contributed by atoms with Crippen LogP contribution in [0.2, 0.25) is 0 Å². The number of alkyl halides is 1. The molecule has 3 fully saturated rings. The minimum absolute atomic E-state index is 0.140. The number of aromatic nitrogens is 6. The first-order chi connectivity index (χ1) is 21.9. The molecular formula is C31H36FN9O3S. The Morgan fingerprint density at radius 1 is 0.933 bits per heavy atom. The van der Waals surface area contributed by atoms with E-state index in [0.29, 0.717) is 48.7 Å². The Hall–Kier alpha value is -4.01. The van der Waals surface area contributed by atoms with E-state index in [1.165, 1.54) is 12.4 Å². The number of rotatable bonds is 10. The summed E-state index contributed by atoms with van der Waals surface area (Å²) < 4.78 is 45.5. The van der Waals surface area contributed by atoms with E-state index in [1.54, 1.807) is 18.5 Å². The van der Waals surface area contributed by atoms with E-state index < -0.39 is 16.2 Å². The summed E-state index contributed by atoms with van der Waals surface area (Å²) in [6, 6.07) is 7.89. The fourth-order valence-corrected chi connectivity index (χ4v) is 7.21. The second-order valence-corrected chi connectivity index (χ2v) is 14.0. The predicted octanol–water partition coefficient (Wildman–Crippen LogP) is 4.41. The van der Waals surface area contributed by atoms with Gasteiger partial charge in [-0.1, -0.05) is 6.07 Å². The fraction of sp³-hybridized carbons (Fsp3) is 0.452. The van der Waals surface area contributed by atoms with Gasteiger partial charge in [-0.25, -0.2) is 27.8 Å². The quantitative estimate of drug-likeness (QED) is 0.257. The van der Waals surface area contributed by atoms with Crippen LogP contribution in [0.3, 0.4) is 0 Å². The normalized spacial score (nSPS) is 21.0. The molecule has 0 spiro atoms. The van der Waals surface area contributed by atoms with Crippen LogP contribution in [0.25, 0.3) is 22.6 Å². The van der Waals surface area contributed by atoms with Crippen molar-refractivity contribution in [3.8, 4) is 22.6 Å². The smallest absolute Gasteiger partial charge is 0.256 e. The molecule has 5 heterocycles. The Morgan fingerprint density at radius 2 is 1.76 bits per heavy atom. The molecule has 4 aromatic rings. The maximum absolute atomic E-state index is 13.9. The topological polar surface area (TPSA) is 140 Å². The van der Waals surface area contributed by atoms with Crippen LogP contribution in [0.15, 0.2) is 55.2 Å². The highest BCUT2D eigenvalue weighted by Crippen LogP contribution is 2.33. The highest BCUT2D eigenvalue weighted by atomic mass is 32.2. The molecule has 14 heteroatoms. The summed E-state index contributed by atoms with van der Waals surface area (Å²) in [5.41, 5.74) is 4.14. The molecule has 236 valence electrons. The molecule has 4 aromatic heterocycles. The van der Waals surface area contributed by atoms with Crippen LogP contribution in [-0.2, 0) is 21.3 Å². The number of ether oxygens (including phenoxy) is 1. The third-order valence-corrected chi connectivity index (χ3v) is 10.5. The van der Waals surface area contributed by atoms with Gasteiger partial charge in [-0.3, -0.25) is 9.88 Å². The minimum Gasteiger partial charge on any atom is -0.382 e. The highest BCUT2D eigenvalue weighted by molar-refractivity contribution is 7.90. The zero-order chi connectivity index (χ0) is 30.8. The lowest BCUT2D eigenvalue weighted by Crippen LogP contribution is -2.35. The van der Waals surface area contributed by atoms with Crippen LogP contribution in [0.1, 0.15) is 44.1 Å². The van der Waals surface area contributed by atoms with Crippen LogP contribution >= 0.6 is 0 Å². The van der Waals surface area contributed by atoms with Gasteiger partial charge >= 0.3 is 0 Å². The summed E-state index contributed by atoms with van der Waals surface area (Å²) in [6.45, 7) is 4.16. The molecule has 3 aliphatic rings. The first-order valence-electron chi connectivity index (χ1n) is 15.5. The maximum atomic E-state index is 13.9. The number of pyridine rings is 2. The zero-order valence-electron chi connectivity index (χ0n) is 24.8. The lowest BCUT2D eigenvalue weighted by Gasteiger charge is -2.27. The van der Waals surface area contributed by atoms with Gasteiger partial charge in [0.2, 0.25) is 0 Å². The van der Waals surface area contributed by atoms with Crippen molar-refractivity contribution in [3.05, 3.63) is 60.8 Å². The van der Waals surface area contributed by atoms with E-state index in [4.69, 9.17) is 9.72 Å². The third kappa shape index (κ3) is 6.97. The molecule has 2 aliphatic carbocycles. The van der Waals surface area contributed by atoms with Crippen molar-refractivity contribution in [1.82, 2.24) is 34.0 Å². The fourth-order valence-electron chi connectivity index (χ4n) is 5.74. The Bertz CT molecular complexity index is 1730. The van der Waals surface area contributed by atoms with Crippen LogP contribution in [0.5, 0.6) is 0 Å². The third-order valence-electron chi connectivity index (χ3n) is 8.47. The first-order valence-corrected chi connectivity index (χ1v) is 17.0. The number of halogens is 1.